The van der Waals surface area contributed by atoms with Gasteiger partial charge < -0.3 is 10.2 Å². The first-order valence-electron chi connectivity index (χ1n) is 6.20. The zero-order chi connectivity index (χ0) is 11.3. The van der Waals surface area contributed by atoms with E-state index in [0.717, 1.165) is 19.6 Å². The molecule has 0 aliphatic carbocycles. The van der Waals surface area contributed by atoms with Crippen molar-refractivity contribution in [3.05, 3.63) is 0 Å². The minimum absolute atomic E-state index is 0.297. The number of carbonyl (C=O) groups is 1. The number of carbonyl (C=O) groups excluding carboxylic acids is 1. The zero-order valence-corrected chi connectivity index (χ0v) is 10.3. The van der Waals surface area contributed by atoms with Crippen LogP contribution in [0, 0.1) is 5.92 Å². The van der Waals surface area contributed by atoms with Crippen LogP contribution in [0.1, 0.15) is 40.0 Å². The molecule has 0 saturated carbocycles. The van der Waals surface area contributed by atoms with E-state index < -0.39 is 0 Å². The fourth-order valence-corrected chi connectivity index (χ4v) is 2.28. The van der Waals surface area contributed by atoms with E-state index in [1.54, 1.807) is 0 Å². The Balaban J connectivity index is 2.41. The first-order valence-corrected chi connectivity index (χ1v) is 6.20. The average Bonchev–Trinajstić information content (AvgIpc) is 2.23. The molecule has 0 aromatic carbocycles. The maximum absolute atomic E-state index is 11.9. The van der Waals surface area contributed by atoms with Gasteiger partial charge in [0.2, 0.25) is 5.91 Å². The molecule has 2 unspecified atom stereocenters. The third-order valence-corrected chi connectivity index (χ3v) is 3.44. The van der Waals surface area contributed by atoms with Crippen molar-refractivity contribution in [3.63, 3.8) is 0 Å². The number of nitrogens with zero attached hydrogens (tertiary/aromatic N) is 1. The lowest BCUT2D eigenvalue weighted by atomic mass is 9.90. The maximum Gasteiger partial charge on any atom is 0.224 e. The summed E-state index contributed by atoms with van der Waals surface area (Å²) in [5.74, 6) is 0.935. The van der Waals surface area contributed by atoms with E-state index in [2.05, 4.69) is 12.2 Å². The quantitative estimate of drug-likeness (QED) is 0.768. The summed E-state index contributed by atoms with van der Waals surface area (Å²) in [6.45, 7) is 9.05. The number of amides is 1. The number of piperidine rings is 1. The van der Waals surface area contributed by atoms with Crippen molar-refractivity contribution in [3.8, 4) is 0 Å². The van der Waals surface area contributed by atoms with Gasteiger partial charge in [-0.1, -0.05) is 6.92 Å². The van der Waals surface area contributed by atoms with Gasteiger partial charge in [0.05, 0.1) is 0 Å². The molecule has 1 aliphatic heterocycles. The third kappa shape index (κ3) is 3.49. The normalized spacial score (nSPS) is 26.3. The lowest BCUT2D eigenvalue weighted by molar-refractivity contribution is -0.131. The topological polar surface area (TPSA) is 32.3 Å². The van der Waals surface area contributed by atoms with Gasteiger partial charge in [0.25, 0.3) is 0 Å². The summed E-state index contributed by atoms with van der Waals surface area (Å²) in [5, 5.41) is 3.46. The van der Waals surface area contributed by atoms with Crippen LogP contribution in [-0.2, 0) is 4.79 Å². The first kappa shape index (κ1) is 12.5. The summed E-state index contributed by atoms with van der Waals surface area (Å²) in [4.78, 5) is 13.8. The van der Waals surface area contributed by atoms with Gasteiger partial charge >= 0.3 is 0 Å². The van der Waals surface area contributed by atoms with E-state index in [9.17, 15) is 4.79 Å². The summed E-state index contributed by atoms with van der Waals surface area (Å²) >= 11 is 0. The van der Waals surface area contributed by atoms with Crippen molar-refractivity contribution in [2.24, 2.45) is 5.92 Å². The van der Waals surface area contributed by atoms with Gasteiger partial charge in [0.15, 0.2) is 0 Å². The number of hydrogen-bond acceptors (Lipinski definition) is 2. The molecule has 1 rings (SSSR count). The summed E-state index contributed by atoms with van der Waals surface area (Å²) in [6.07, 6.45) is 3.17. The number of hydrogen-bond donors (Lipinski definition) is 1. The number of nitrogens with one attached hydrogen (secondary N) is 1. The van der Waals surface area contributed by atoms with Crippen LogP contribution in [0.25, 0.3) is 0 Å². The Kier molecular flexibility index (Phi) is 5.09. The third-order valence-electron chi connectivity index (χ3n) is 3.44. The fourth-order valence-electron chi connectivity index (χ4n) is 2.28. The molecule has 0 radical (unpaired) electrons. The Bertz CT molecular complexity index is 202. The van der Waals surface area contributed by atoms with E-state index in [1.165, 1.54) is 12.8 Å². The van der Waals surface area contributed by atoms with Gasteiger partial charge in [-0.15, -0.1) is 0 Å². The highest BCUT2D eigenvalue weighted by Crippen LogP contribution is 2.18. The van der Waals surface area contributed by atoms with E-state index in [1.807, 2.05) is 18.7 Å². The van der Waals surface area contributed by atoms with E-state index >= 15 is 0 Å². The smallest absolute Gasteiger partial charge is 0.224 e. The highest BCUT2D eigenvalue weighted by Gasteiger charge is 2.24. The SMILES string of the molecule is CCN(CC)C(=O)CC1NCCCC1C. The molecule has 1 amide bonds. The van der Waals surface area contributed by atoms with Crippen molar-refractivity contribution in [2.75, 3.05) is 19.6 Å². The van der Waals surface area contributed by atoms with Crippen LogP contribution in [0.15, 0.2) is 0 Å². The molecule has 1 saturated heterocycles. The highest BCUT2D eigenvalue weighted by atomic mass is 16.2. The van der Waals surface area contributed by atoms with Crippen LogP contribution in [0.5, 0.6) is 0 Å². The molecule has 15 heavy (non-hydrogen) atoms. The minimum Gasteiger partial charge on any atom is -0.343 e. The minimum atomic E-state index is 0.297. The van der Waals surface area contributed by atoms with Gasteiger partial charge in [-0.05, 0) is 39.2 Å². The van der Waals surface area contributed by atoms with Gasteiger partial charge in [-0.3, -0.25) is 4.79 Å². The van der Waals surface area contributed by atoms with E-state index in [-0.39, 0.29) is 0 Å². The van der Waals surface area contributed by atoms with Gasteiger partial charge in [-0.25, -0.2) is 0 Å². The summed E-state index contributed by atoms with van der Waals surface area (Å²) in [7, 11) is 0. The van der Waals surface area contributed by atoms with Crippen LogP contribution in [0.3, 0.4) is 0 Å². The molecule has 3 heteroatoms. The van der Waals surface area contributed by atoms with Crippen LogP contribution in [0.4, 0.5) is 0 Å². The molecule has 1 heterocycles. The summed E-state index contributed by atoms with van der Waals surface area (Å²) < 4.78 is 0. The molecular formula is C12H24N2O. The second-order valence-corrected chi connectivity index (χ2v) is 4.45. The van der Waals surface area contributed by atoms with Gasteiger partial charge in [0.1, 0.15) is 0 Å². The molecule has 88 valence electrons. The van der Waals surface area contributed by atoms with Crippen LogP contribution < -0.4 is 5.32 Å². The average molecular weight is 212 g/mol. The summed E-state index contributed by atoms with van der Waals surface area (Å²) in [5.41, 5.74) is 0. The Labute approximate surface area is 93.2 Å². The summed E-state index contributed by atoms with van der Waals surface area (Å²) in [6, 6.07) is 0.395. The van der Waals surface area contributed by atoms with Crippen molar-refractivity contribution in [1.82, 2.24) is 10.2 Å². The molecule has 0 bridgehead atoms. The van der Waals surface area contributed by atoms with E-state index in [4.69, 9.17) is 0 Å². The monoisotopic (exact) mass is 212 g/mol. The molecule has 0 aromatic rings. The molecule has 1 fully saturated rings. The molecule has 2 atom stereocenters. The second kappa shape index (κ2) is 6.11. The predicted molar refractivity (Wildman–Crippen MR) is 62.7 cm³/mol. The number of rotatable bonds is 4. The Morgan fingerprint density at radius 2 is 2.07 bits per heavy atom. The zero-order valence-electron chi connectivity index (χ0n) is 10.3. The molecule has 1 aliphatic rings. The van der Waals surface area contributed by atoms with Crippen molar-refractivity contribution in [2.45, 2.75) is 46.1 Å². The maximum atomic E-state index is 11.9. The standard InChI is InChI=1S/C12H24N2O/c1-4-14(5-2)12(15)9-11-10(3)7-6-8-13-11/h10-11,13H,4-9H2,1-3H3. The highest BCUT2D eigenvalue weighted by molar-refractivity contribution is 5.76. The molecule has 3 nitrogen and oxygen atoms in total. The second-order valence-electron chi connectivity index (χ2n) is 4.45. The van der Waals surface area contributed by atoms with Gasteiger partial charge in [0, 0.05) is 25.6 Å². The fraction of sp³-hybridized carbons (Fsp3) is 0.917. The lowest BCUT2D eigenvalue weighted by Gasteiger charge is -2.31. The lowest BCUT2D eigenvalue weighted by Crippen LogP contribution is -2.44. The Hall–Kier alpha value is -0.570. The van der Waals surface area contributed by atoms with E-state index in [0.29, 0.717) is 24.3 Å². The Morgan fingerprint density at radius 1 is 1.40 bits per heavy atom. The van der Waals surface area contributed by atoms with Gasteiger partial charge in [-0.2, -0.15) is 0 Å². The van der Waals surface area contributed by atoms with Crippen LogP contribution >= 0.6 is 0 Å². The molecule has 0 aromatic heterocycles. The predicted octanol–water partition coefficient (Wildman–Crippen LogP) is 1.63. The van der Waals surface area contributed by atoms with Crippen molar-refractivity contribution in [1.29, 1.82) is 0 Å². The molecule has 1 N–H and O–H groups in total. The Morgan fingerprint density at radius 3 is 2.60 bits per heavy atom. The first-order chi connectivity index (χ1) is 7.19. The molecule has 0 spiro atoms. The van der Waals surface area contributed by atoms with Crippen LogP contribution in [0.2, 0.25) is 0 Å². The van der Waals surface area contributed by atoms with Crippen LogP contribution in [-0.4, -0.2) is 36.5 Å². The largest absolute Gasteiger partial charge is 0.343 e. The van der Waals surface area contributed by atoms with Crippen molar-refractivity contribution >= 4 is 5.91 Å². The van der Waals surface area contributed by atoms with Crippen molar-refractivity contribution < 1.29 is 4.79 Å². The molecular weight excluding hydrogens is 188 g/mol.